The lowest BCUT2D eigenvalue weighted by molar-refractivity contribution is -0.714. The highest BCUT2D eigenvalue weighted by Gasteiger charge is 2.31. The molecule has 3 nitrogen and oxygen atoms in total. The van der Waals surface area contributed by atoms with Crippen LogP contribution in [0.3, 0.4) is 0 Å². The third-order valence-electron chi connectivity index (χ3n) is 2.51. The van der Waals surface area contributed by atoms with Crippen molar-refractivity contribution >= 4 is 9.84 Å². The van der Waals surface area contributed by atoms with Crippen LogP contribution in [0.1, 0.15) is 26.7 Å². The van der Waals surface area contributed by atoms with Gasteiger partial charge in [-0.3, -0.25) is 0 Å². The average Bonchev–Trinajstić information content (AvgIpc) is 2.30. The minimum absolute atomic E-state index is 0.324. The highest BCUT2D eigenvalue weighted by molar-refractivity contribution is 7.91. The maximum Gasteiger partial charge on any atom is 0.156 e. The molecule has 1 aliphatic heterocycles. The fourth-order valence-electron chi connectivity index (χ4n) is 1.58. The summed E-state index contributed by atoms with van der Waals surface area (Å²) < 4.78 is 22.2. The molecule has 0 aromatic rings. The number of sulfone groups is 1. The van der Waals surface area contributed by atoms with Gasteiger partial charge in [0.15, 0.2) is 9.84 Å². The number of hydrogen-bond donors (Lipinski definition) is 1. The molecule has 0 spiro atoms. The van der Waals surface area contributed by atoms with Crippen LogP contribution in [-0.4, -0.2) is 32.0 Å². The standard InChI is InChI=1S/C8H17NO2S/c1-3-7(2)9-8-4-5-12(10,11)6-8/h7-9H,3-6H2,1-2H3/p+1/t7-,8-/m0/s1. The summed E-state index contributed by atoms with van der Waals surface area (Å²) in [5.41, 5.74) is 0. The molecule has 2 N–H and O–H groups in total. The van der Waals surface area contributed by atoms with Crippen LogP contribution in [0, 0.1) is 0 Å². The van der Waals surface area contributed by atoms with E-state index < -0.39 is 9.84 Å². The molecule has 0 unspecified atom stereocenters. The predicted molar refractivity (Wildman–Crippen MR) is 48.7 cm³/mol. The average molecular weight is 192 g/mol. The van der Waals surface area contributed by atoms with E-state index >= 15 is 0 Å². The SMILES string of the molecule is CC[C@H](C)[NH2+][C@H]1CCS(=O)(=O)C1. The Bertz CT molecular complexity index is 235. The summed E-state index contributed by atoms with van der Waals surface area (Å²) in [5.74, 6) is 0.780. The second kappa shape index (κ2) is 3.75. The summed E-state index contributed by atoms with van der Waals surface area (Å²) in [6.07, 6.45) is 1.95. The second-order valence-corrected chi connectivity index (χ2v) is 5.97. The Hall–Kier alpha value is -0.0900. The van der Waals surface area contributed by atoms with E-state index in [1.807, 2.05) is 0 Å². The highest BCUT2D eigenvalue weighted by Crippen LogP contribution is 2.08. The molecule has 0 aliphatic carbocycles. The molecule has 4 heteroatoms. The summed E-state index contributed by atoms with van der Waals surface area (Å²) in [6.45, 7) is 4.27. The van der Waals surface area contributed by atoms with Crippen molar-refractivity contribution in [1.29, 1.82) is 0 Å². The van der Waals surface area contributed by atoms with Crippen molar-refractivity contribution in [3.8, 4) is 0 Å². The molecule has 2 atom stereocenters. The third kappa shape index (κ3) is 2.75. The monoisotopic (exact) mass is 192 g/mol. The number of rotatable bonds is 3. The van der Waals surface area contributed by atoms with Crippen molar-refractivity contribution in [2.75, 3.05) is 11.5 Å². The molecule has 12 heavy (non-hydrogen) atoms. The first kappa shape index (κ1) is 9.99. The summed E-state index contributed by atoms with van der Waals surface area (Å²) in [5, 5.41) is 2.20. The van der Waals surface area contributed by atoms with E-state index in [0.717, 1.165) is 12.8 Å². The molecule has 72 valence electrons. The lowest BCUT2D eigenvalue weighted by Gasteiger charge is -2.12. The quantitative estimate of drug-likeness (QED) is 0.657. The van der Waals surface area contributed by atoms with Crippen LogP contribution < -0.4 is 5.32 Å². The van der Waals surface area contributed by atoms with Crippen molar-refractivity contribution in [2.24, 2.45) is 0 Å². The normalized spacial score (nSPS) is 30.3. The second-order valence-electron chi connectivity index (χ2n) is 3.74. The number of hydrogen-bond acceptors (Lipinski definition) is 2. The summed E-state index contributed by atoms with van der Waals surface area (Å²) >= 11 is 0. The van der Waals surface area contributed by atoms with Gasteiger partial charge in [0, 0.05) is 6.42 Å². The third-order valence-corrected chi connectivity index (χ3v) is 4.31. The maximum atomic E-state index is 11.1. The van der Waals surface area contributed by atoms with Crippen molar-refractivity contribution in [3.63, 3.8) is 0 Å². The molecule has 1 fully saturated rings. The molecule has 1 saturated heterocycles. The van der Waals surface area contributed by atoms with Gasteiger partial charge in [-0.25, -0.2) is 8.42 Å². The van der Waals surface area contributed by atoms with Gasteiger partial charge in [-0.2, -0.15) is 0 Å². The number of quaternary nitrogens is 1. The van der Waals surface area contributed by atoms with Gasteiger partial charge in [0.2, 0.25) is 0 Å². The van der Waals surface area contributed by atoms with E-state index in [1.54, 1.807) is 0 Å². The summed E-state index contributed by atoms with van der Waals surface area (Å²) in [7, 11) is -2.68. The Kier molecular flexibility index (Phi) is 3.12. The van der Waals surface area contributed by atoms with Crippen LogP contribution in [0.2, 0.25) is 0 Å². The van der Waals surface area contributed by atoms with Gasteiger partial charge in [0.25, 0.3) is 0 Å². The molecule has 0 bridgehead atoms. The Labute approximate surface area is 74.5 Å². The van der Waals surface area contributed by atoms with E-state index in [0.29, 0.717) is 23.6 Å². The maximum absolute atomic E-state index is 11.1. The first-order valence-electron chi connectivity index (χ1n) is 4.59. The van der Waals surface area contributed by atoms with Crippen LogP contribution in [-0.2, 0) is 9.84 Å². The molecule has 0 radical (unpaired) electrons. The highest BCUT2D eigenvalue weighted by atomic mass is 32.2. The zero-order valence-electron chi connectivity index (χ0n) is 7.79. The minimum atomic E-state index is -2.68. The molecule has 0 aromatic heterocycles. The molecule has 0 amide bonds. The molecule has 1 aliphatic rings. The minimum Gasteiger partial charge on any atom is -0.341 e. The first-order chi connectivity index (χ1) is 5.53. The first-order valence-corrected chi connectivity index (χ1v) is 6.41. The van der Waals surface area contributed by atoms with Gasteiger partial charge in [-0.1, -0.05) is 6.92 Å². The van der Waals surface area contributed by atoms with Crippen molar-refractivity contribution in [2.45, 2.75) is 38.8 Å². The summed E-state index contributed by atoms with van der Waals surface area (Å²) in [4.78, 5) is 0. The molecular weight excluding hydrogens is 174 g/mol. The van der Waals surface area contributed by atoms with E-state index in [-0.39, 0.29) is 0 Å². The van der Waals surface area contributed by atoms with Crippen molar-refractivity contribution in [1.82, 2.24) is 0 Å². The molecule has 1 heterocycles. The topological polar surface area (TPSA) is 50.8 Å². The van der Waals surface area contributed by atoms with Crippen LogP contribution in [0.5, 0.6) is 0 Å². The number of nitrogens with two attached hydrogens (primary N) is 1. The van der Waals surface area contributed by atoms with Crippen molar-refractivity contribution < 1.29 is 13.7 Å². The molecular formula is C8H18NO2S+. The lowest BCUT2D eigenvalue weighted by atomic mass is 10.2. The Morgan fingerprint density at radius 3 is 2.67 bits per heavy atom. The van der Waals surface area contributed by atoms with E-state index in [1.165, 1.54) is 0 Å². The fourth-order valence-corrected chi connectivity index (χ4v) is 3.33. The fraction of sp³-hybridized carbons (Fsp3) is 1.00. The Morgan fingerprint density at radius 2 is 2.25 bits per heavy atom. The van der Waals surface area contributed by atoms with Crippen LogP contribution in [0.15, 0.2) is 0 Å². The van der Waals surface area contributed by atoms with Gasteiger partial charge >= 0.3 is 0 Å². The lowest BCUT2D eigenvalue weighted by Crippen LogP contribution is -2.94. The van der Waals surface area contributed by atoms with Crippen LogP contribution in [0.4, 0.5) is 0 Å². The van der Waals surface area contributed by atoms with Crippen molar-refractivity contribution in [3.05, 3.63) is 0 Å². The van der Waals surface area contributed by atoms with Gasteiger partial charge in [0.1, 0.15) is 11.8 Å². The Morgan fingerprint density at radius 1 is 1.58 bits per heavy atom. The van der Waals surface area contributed by atoms with Crippen LogP contribution in [0.25, 0.3) is 0 Å². The largest absolute Gasteiger partial charge is 0.341 e. The van der Waals surface area contributed by atoms with Gasteiger partial charge in [-0.05, 0) is 13.3 Å². The van der Waals surface area contributed by atoms with Gasteiger partial charge in [0.05, 0.1) is 11.8 Å². The summed E-state index contributed by atoms with van der Waals surface area (Å²) in [6, 6.07) is 0.883. The Balaban J connectivity index is 2.38. The zero-order valence-corrected chi connectivity index (χ0v) is 8.60. The van der Waals surface area contributed by atoms with E-state index in [2.05, 4.69) is 19.2 Å². The molecule has 0 aromatic carbocycles. The van der Waals surface area contributed by atoms with Gasteiger partial charge in [-0.15, -0.1) is 0 Å². The molecule has 1 rings (SSSR count). The smallest absolute Gasteiger partial charge is 0.156 e. The van der Waals surface area contributed by atoms with Crippen LogP contribution >= 0.6 is 0 Å². The predicted octanol–water partition coefficient (Wildman–Crippen LogP) is -0.465. The van der Waals surface area contributed by atoms with E-state index in [4.69, 9.17) is 0 Å². The zero-order chi connectivity index (χ0) is 9.19. The van der Waals surface area contributed by atoms with Gasteiger partial charge < -0.3 is 5.32 Å². The molecule has 0 saturated carbocycles. The van der Waals surface area contributed by atoms with E-state index in [9.17, 15) is 8.42 Å².